The predicted molar refractivity (Wildman–Crippen MR) is 135 cm³/mol. The summed E-state index contributed by atoms with van der Waals surface area (Å²) in [6.07, 6.45) is 2.89. The van der Waals surface area contributed by atoms with E-state index in [-0.39, 0.29) is 12.5 Å². The average Bonchev–Trinajstić information content (AvgIpc) is 2.77. The largest absolute Gasteiger partial charge is 0.352 e. The summed E-state index contributed by atoms with van der Waals surface area (Å²) in [6, 6.07) is 20.5. The molecule has 0 aromatic heterocycles. The summed E-state index contributed by atoms with van der Waals surface area (Å²) in [5, 5.41) is 3.65. The molecule has 0 spiro atoms. The van der Waals surface area contributed by atoms with E-state index in [9.17, 15) is 13.2 Å². The molecule has 0 bridgehead atoms. The molecule has 0 saturated heterocycles. The van der Waals surface area contributed by atoms with Gasteiger partial charge in [0.25, 0.3) is 5.91 Å². The first-order valence-electron chi connectivity index (χ1n) is 10.8. The van der Waals surface area contributed by atoms with Crippen molar-refractivity contribution in [2.24, 2.45) is 0 Å². The number of nitrogens with one attached hydrogen (secondary N) is 1. The predicted octanol–water partition coefficient (Wildman–Crippen LogP) is 5.29. The first-order chi connectivity index (χ1) is 15.6. The molecule has 0 aliphatic rings. The number of amides is 1. The lowest BCUT2D eigenvalue weighted by molar-refractivity contribution is 0.0953. The van der Waals surface area contributed by atoms with E-state index in [1.807, 2.05) is 56.3 Å². The standard InChI is InChI=1S/C26H29ClN2O3S/c1-19-6-4-7-20(2)25(19)29(33(3,31)32)18-22-9-13-23(14-10-22)26(30)28-17-5-8-21-11-15-24(27)16-12-21/h4,6-7,9-16H,5,8,17-18H2,1-3H3,(H,28,30). The molecule has 3 rings (SSSR count). The smallest absolute Gasteiger partial charge is 0.251 e. The van der Waals surface area contributed by atoms with Crippen LogP contribution in [0.1, 0.15) is 39.0 Å². The Morgan fingerprint density at radius 3 is 2.06 bits per heavy atom. The van der Waals surface area contributed by atoms with Crippen LogP contribution in [0.15, 0.2) is 66.7 Å². The van der Waals surface area contributed by atoms with Gasteiger partial charge < -0.3 is 5.32 Å². The van der Waals surface area contributed by atoms with Crippen LogP contribution in [0.2, 0.25) is 5.02 Å². The number of benzene rings is 3. The summed E-state index contributed by atoms with van der Waals surface area (Å²) in [6.45, 7) is 4.58. The summed E-state index contributed by atoms with van der Waals surface area (Å²) in [7, 11) is -3.48. The van der Waals surface area contributed by atoms with E-state index in [0.717, 1.165) is 29.5 Å². The number of carbonyl (C=O) groups is 1. The topological polar surface area (TPSA) is 66.5 Å². The highest BCUT2D eigenvalue weighted by Gasteiger charge is 2.21. The van der Waals surface area contributed by atoms with Crippen molar-refractivity contribution in [3.63, 3.8) is 0 Å². The van der Waals surface area contributed by atoms with Crippen molar-refractivity contribution in [3.05, 3.63) is 99.6 Å². The minimum Gasteiger partial charge on any atom is -0.352 e. The van der Waals surface area contributed by atoms with Gasteiger partial charge in [-0.2, -0.15) is 0 Å². The van der Waals surface area contributed by atoms with Gasteiger partial charge in [-0.3, -0.25) is 9.10 Å². The van der Waals surface area contributed by atoms with Gasteiger partial charge in [0.1, 0.15) is 0 Å². The Morgan fingerprint density at radius 1 is 0.909 bits per heavy atom. The van der Waals surface area contributed by atoms with Crippen LogP contribution in [0.4, 0.5) is 5.69 Å². The van der Waals surface area contributed by atoms with Crippen LogP contribution in [-0.2, 0) is 23.0 Å². The monoisotopic (exact) mass is 484 g/mol. The van der Waals surface area contributed by atoms with E-state index < -0.39 is 10.0 Å². The fourth-order valence-electron chi connectivity index (χ4n) is 3.74. The number of para-hydroxylation sites is 1. The Labute approximate surface area is 201 Å². The number of rotatable bonds is 9. The maximum Gasteiger partial charge on any atom is 0.251 e. The summed E-state index contributed by atoms with van der Waals surface area (Å²) in [5.74, 6) is -0.146. The Bertz CT molecular complexity index is 1190. The first kappa shape index (κ1) is 24.8. The van der Waals surface area contributed by atoms with Crippen LogP contribution in [0.5, 0.6) is 0 Å². The number of hydrogen-bond donors (Lipinski definition) is 1. The number of nitrogens with zero attached hydrogens (tertiary/aromatic N) is 1. The first-order valence-corrected chi connectivity index (χ1v) is 13.0. The third kappa shape index (κ3) is 6.83. The van der Waals surface area contributed by atoms with Crippen LogP contribution in [0.3, 0.4) is 0 Å². The second kappa shape index (κ2) is 10.9. The fourth-order valence-corrected chi connectivity index (χ4v) is 4.87. The molecular formula is C26H29ClN2O3S. The highest BCUT2D eigenvalue weighted by molar-refractivity contribution is 7.92. The third-order valence-corrected chi connectivity index (χ3v) is 6.84. The summed E-state index contributed by atoms with van der Waals surface area (Å²) >= 11 is 5.90. The lowest BCUT2D eigenvalue weighted by Gasteiger charge is -2.26. The average molecular weight is 485 g/mol. The molecule has 0 aliphatic carbocycles. The molecule has 1 N–H and O–H groups in total. The van der Waals surface area contributed by atoms with Gasteiger partial charge in [-0.15, -0.1) is 0 Å². The van der Waals surface area contributed by atoms with Crippen molar-refractivity contribution in [2.45, 2.75) is 33.2 Å². The van der Waals surface area contributed by atoms with Gasteiger partial charge in [-0.25, -0.2) is 8.42 Å². The van der Waals surface area contributed by atoms with Gasteiger partial charge in [0.15, 0.2) is 0 Å². The molecule has 7 heteroatoms. The van der Waals surface area contributed by atoms with Crippen LogP contribution in [-0.4, -0.2) is 27.1 Å². The second-order valence-corrected chi connectivity index (χ2v) is 10.5. The lowest BCUT2D eigenvalue weighted by atomic mass is 10.1. The van der Waals surface area contributed by atoms with Gasteiger partial charge in [-0.1, -0.05) is 54.1 Å². The summed E-state index contributed by atoms with van der Waals surface area (Å²) < 4.78 is 26.5. The maximum absolute atomic E-state index is 12.5. The molecule has 0 unspecified atom stereocenters. The Kier molecular flexibility index (Phi) is 8.16. The van der Waals surface area contributed by atoms with Crippen molar-refractivity contribution in [1.29, 1.82) is 0 Å². The number of anilines is 1. The van der Waals surface area contributed by atoms with Crippen LogP contribution in [0.25, 0.3) is 0 Å². The van der Waals surface area contributed by atoms with E-state index >= 15 is 0 Å². The van der Waals surface area contributed by atoms with Crippen molar-refractivity contribution in [1.82, 2.24) is 5.32 Å². The van der Waals surface area contributed by atoms with Gasteiger partial charge in [-0.05, 0) is 73.2 Å². The highest BCUT2D eigenvalue weighted by Crippen LogP contribution is 2.28. The molecule has 5 nitrogen and oxygen atoms in total. The molecule has 0 fully saturated rings. The van der Waals surface area contributed by atoms with E-state index in [4.69, 9.17) is 11.6 Å². The molecule has 0 aliphatic heterocycles. The van der Waals surface area contributed by atoms with Gasteiger partial charge in [0.2, 0.25) is 10.0 Å². The molecule has 0 heterocycles. The zero-order chi connectivity index (χ0) is 24.0. The van der Waals surface area contributed by atoms with Gasteiger partial charge in [0.05, 0.1) is 18.5 Å². The van der Waals surface area contributed by atoms with Crippen LogP contribution < -0.4 is 9.62 Å². The number of halogens is 1. The Hall–Kier alpha value is -2.83. The molecule has 3 aromatic carbocycles. The molecular weight excluding hydrogens is 456 g/mol. The molecule has 174 valence electrons. The van der Waals surface area contributed by atoms with Crippen molar-refractivity contribution < 1.29 is 13.2 Å². The fraction of sp³-hybridized carbons (Fsp3) is 0.269. The maximum atomic E-state index is 12.5. The Balaban J connectivity index is 1.61. The lowest BCUT2D eigenvalue weighted by Crippen LogP contribution is -2.30. The molecule has 0 atom stereocenters. The summed E-state index contributed by atoms with van der Waals surface area (Å²) in [4.78, 5) is 12.5. The van der Waals surface area contributed by atoms with E-state index in [0.29, 0.717) is 22.8 Å². The van der Waals surface area contributed by atoms with Gasteiger partial charge >= 0.3 is 0 Å². The van der Waals surface area contributed by atoms with Crippen molar-refractivity contribution in [3.8, 4) is 0 Å². The quantitative estimate of drug-likeness (QED) is 0.420. The van der Waals surface area contributed by atoms with E-state index in [2.05, 4.69) is 5.32 Å². The zero-order valence-corrected chi connectivity index (χ0v) is 20.7. The minimum atomic E-state index is -3.48. The molecule has 1 amide bonds. The zero-order valence-electron chi connectivity index (χ0n) is 19.1. The van der Waals surface area contributed by atoms with E-state index in [1.54, 1.807) is 24.3 Å². The van der Waals surface area contributed by atoms with Crippen molar-refractivity contribution >= 4 is 33.2 Å². The molecule has 3 aromatic rings. The van der Waals surface area contributed by atoms with E-state index in [1.165, 1.54) is 16.1 Å². The van der Waals surface area contributed by atoms with Crippen molar-refractivity contribution in [2.75, 3.05) is 17.1 Å². The number of hydrogen-bond acceptors (Lipinski definition) is 3. The highest BCUT2D eigenvalue weighted by atomic mass is 35.5. The summed E-state index contributed by atoms with van der Waals surface area (Å²) in [5.41, 5.74) is 5.02. The van der Waals surface area contributed by atoms with Crippen LogP contribution >= 0.6 is 11.6 Å². The molecule has 0 saturated carbocycles. The number of aryl methyl sites for hydroxylation is 3. The SMILES string of the molecule is Cc1cccc(C)c1N(Cc1ccc(C(=O)NCCCc2ccc(Cl)cc2)cc1)S(C)(=O)=O. The normalized spacial score (nSPS) is 11.3. The number of sulfonamides is 1. The Morgan fingerprint density at radius 2 is 1.48 bits per heavy atom. The van der Waals surface area contributed by atoms with Crippen LogP contribution in [0, 0.1) is 13.8 Å². The van der Waals surface area contributed by atoms with Gasteiger partial charge in [0, 0.05) is 17.1 Å². The second-order valence-electron chi connectivity index (χ2n) is 8.19. The minimum absolute atomic E-state index is 0.146. The number of carbonyl (C=O) groups excluding carboxylic acids is 1. The molecule has 33 heavy (non-hydrogen) atoms. The third-order valence-electron chi connectivity index (χ3n) is 5.47. The molecule has 0 radical (unpaired) electrons.